The fourth-order valence-corrected chi connectivity index (χ4v) is 1.98. The first-order valence-corrected chi connectivity index (χ1v) is 6.59. The van der Waals surface area contributed by atoms with Crippen LogP contribution in [0.4, 0.5) is 6.01 Å². The minimum absolute atomic E-state index is 0.562. The number of aromatic nitrogens is 3. The SMILES string of the molecule is CCNc1nc2ccc(/C=C\c3nc[nH]c3C)cc2o1. The normalized spacial score (nSPS) is 11.5. The van der Waals surface area contributed by atoms with E-state index in [1.807, 2.05) is 44.2 Å². The van der Waals surface area contributed by atoms with Crippen LogP contribution in [0, 0.1) is 6.92 Å². The number of nitrogens with zero attached hydrogens (tertiary/aromatic N) is 2. The molecule has 1 aromatic carbocycles. The van der Waals surface area contributed by atoms with Crippen LogP contribution in [0.1, 0.15) is 23.9 Å². The number of imidazole rings is 1. The average molecular weight is 268 g/mol. The van der Waals surface area contributed by atoms with Crippen molar-refractivity contribution in [2.75, 3.05) is 11.9 Å². The number of rotatable bonds is 4. The van der Waals surface area contributed by atoms with Crippen molar-refractivity contribution in [3.63, 3.8) is 0 Å². The fourth-order valence-electron chi connectivity index (χ4n) is 1.98. The Morgan fingerprint density at radius 1 is 1.35 bits per heavy atom. The molecule has 0 aliphatic carbocycles. The molecule has 102 valence electrons. The van der Waals surface area contributed by atoms with E-state index in [-0.39, 0.29) is 0 Å². The number of aryl methyl sites for hydroxylation is 1. The average Bonchev–Trinajstić information content (AvgIpc) is 3.02. The van der Waals surface area contributed by atoms with Crippen LogP contribution in [0.3, 0.4) is 0 Å². The van der Waals surface area contributed by atoms with Crippen molar-refractivity contribution >= 4 is 29.3 Å². The molecule has 0 atom stereocenters. The summed E-state index contributed by atoms with van der Waals surface area (Å²) in [6.07, 6.45) is 5.68. The van der Waals surface area contributed by atoms with E-state index in [1.54, 1.807) is 6.33 Å². The lowest BCUT2D eigenvalue weighted by Crippen LogP contribution is -1.95. The van der Waals surface area contributed by atoms with Gasteiger partial charge in [-0.15, -0.1) is 0 Å². The van der Waals surface area contributed by atoms with Gasteiger partial charge in [0.2, 0.25) is 0 Å². The minimum Gasteiger partial charge on any atom is -0.424 e. The third-order valence-electron chi connectivity index (χ3n) is 3.04. The Morgan fingerprint density at radius 2 is 2.25 bits per heavy atom. The minimum atomic E-state index is 0.562. The molecule has 0 saturated heterocycles. The smallest absolute Gasteiger partial charge is 0.295 e. The van der Waals surface area contributed by atoms with E-state index in [0.717, 1.165) is 34.6 Å². The zero-order chi connectivity index (χ0) is 13.9. The summed E-state index contributed by atoms with van der Waals surface area (Å²) >= 11 is 0. The van der Waals surface area contributed by atoms with Crippen LogP contribution in [-0.2, 0) is 0 Å². The van der Waals surface area contributed by atoms with Crippen LogP contribution < -0.4 is 5.32 Å². The number of aromatic amines is 1. The van der Waals surface area contributed by atoms with Gasteiger partial charge >= 0.3 is 0 Å². The van der Waals surface area contributed by atoms with Crippen LogP contribution in [-0.4, -0.2) is 21.5 Å². The topological polar surface area (TPSA) is 66.7 Å². The Bertz CT molecular complexity index is 754. The highest BCUT2D eigenvalue weighted by Gasteiger charge is 2.04. The number of hydrogen-bond donors (Lipinski definition) is 2. The molecule has 5 heteroatoms. The van der Waals surface area contributed by atoms with E-state index < -0.39 is 0 Å². The van der Waals surface area contributed by atoms with Gasteiger partial charge in [0.05, 0.1) is 12.0 Å². The van der Waals surface area contributed by atoms with E-state index in [1.165, 1.54) is 0 Å². The van der Waals surface area contributed by atoms with E-state index in [2.05, 4.69) is 20.3 Å². The van der Waals surface area contributed by atoms with Gasteiger partial charge in [0.25, 0.3) is 6.01 Å². The van der Waals surface area contributed by atoms with Gasteiger partial charge in [-0.3, -0.25) is 0 Å². The molecule has 3 rings (SSSR count). The molecule has 0 spiro atoms. The summed E-state index contributed by atoms with van der Waals surface area (Å²) in [6.45, 7) is 4.79. The van der Waals surface area contributed by atoms with E-state index in [9.17, 15) is 0 Å². The van der Waals surface area contributed by atoms with Gasteiger partial charge in [-0.05, 0) is 37.6 Å². The largest absolute Gasteiger partial charge is 0.424 e. The molecule has 2 N–H and O–H groups in total. The number of nitrogens with one attached hydrogen (secondary N) is 2. The quantitative estimate of drug-likeness (QED) is 0.760. The Hall–Kier alpha value is -2.56. The van der Waals surface area contributed by atoms with Crippen molar-refractivity contribution in [2.24, 2.45) is 0 Å². The predicted molar refractivity (Wildman–Crippen MR) is 80.4 cm³/mol. The molecule has 2 heterocycles. The lowest BCUT2D eigenvalue weighted by atomic mass is 10.2. The van der Waals surface area contributed by atoms with Crippen LogP contribution in [0.2, 0.25) is 0 Å². The summed E-state index contributed by atoms with van der Waals surface area (Å²) in [5.74, 6) is 0. The second-order valence-corrected chi connectivity index (χ2v) is 4.52. The third-order valence-corrected chi connectivity index (χ3v) is 3.04. The van der Waals surface area contributed by atoms with Gasteiger partial charge in [-0.25, -0.2) is 4.98 Å². The summed E-state index contributed by atoms with van der Waals surface area (Å²) in [5.41, 5.74) is 4.68. The van der Waals surface area contributed by atoms with Gasteiger partial charge in [0, 0.05) is 12.2 Å². The molecule has 0 amide bonds. The monoisotopic (exact) mass is 268 g/mol. The lowest BCUT2D eigenvalue weighted by Gasteiger charge is -1.93. The van der Waals surface area contributed by atoms with Crippen molar-refractivity contribution in [2.45, 2.75) is 13.8 Å². The Labute approximate surface area is 116 Å². The molecule has 0 bridgehead atoms. The van der Waals surface area contributed by atoms with Crippen molar-refractivity contribution in [1.82, 2.24) is 15.0 Å². The first-order valence-electron chi connectivity index (χ1n) is 6.59. The van der Waals surface area contributed by atoms with E-state index >= 15 is 0 Å². The molecule has 0 unspecified atom stereocenters. The molecule has 2 aromatic heterocycles. The highest BCUT2D eigenvalue weighted by Crippen LogP contribution is 2.21. The lowest BCUT2D eigenvalue weighted by molar-refractivity contribution is 0.616. The zero-order valence-corrected chi connectivity index (χ0v) is 11.5. The fraction of sp³-hybridized carbons (Fsp3) is 0.200. The Kier molecular flexibility index (Phi) is 3.25. The van der Waals surface area contributed by atoms with Crippen molar-refractivity contribution in [1.29, 1.82) is 0 Å². The third kappa shape index (κ3) is 2.42. The molecular weight excluding hydrogens is 252 g/mol. The van der Waals surface area contributed by atoms with Gasteiger partial charge < -0.3 is 14.7 Å². The summed E-state index contributed by atoms with van der Waals surface area (Å²) < 4.78 is 5.63. The van der Waals surface area contributed by atoms with Gasteiger partial charge in [-0.1, -0.05) is 12.1 Å². The first kappa shape index (κ1) is 12.5. The maximum atomic E-state index is 5.63. The van der Waals surface area contributed by atoms with E-state index in [4.69, 9.17) is 4.42 Å². The number of oxazole rings is 1. The zero-order valence-electron chi connectivity index (χ0n) is 11.5. The molecule has 0 fully saturated rings. The molecule has 20 heavy (non-hydrogen) atoms. The first-order chi connectivity index (χ1) is 9.76. The van der Waals surface area contributed by atoms with Crippen molar-refractivity contribution in [3.8, 4) is 0 Å². The molecule has 0 aliphatic heterocycles. The summed E-state index contributed by atoms with van der Waals surface area (Å²) in [4.78, 5) is 11.6. The van der Waals surface area contributed by atoms with Crippen LogP contribution >= 0.6 is 0 Å². The molecule has 0 saturated carbocycles. The van der Waals surface area contributed by atoms with Gasteiger partial charge in [-0.2, -0.15) is 4.98 Å². The highest BCUT2D eigenvalue weighted by molar-refractivity contribution is 5.80. The molecule has 0 aliphatic rings. The maximum Gasteiger partial charge on any atom is 0.295 e. The Balaban J connectivity index is 1.89. The number of anilines is 1. The summed E-state index contributed by atoms with van der Waals surface area (Å²) in [6, 6.07) is 6.50. The van der Waals surface area contributed by atoms with Gasteiger partial charge in [0.15, 0.2) is 5.58 Å². The second-order valence-electron chi connectivity index (χ2n) is 4.52. The highest BCUT2D eigenvalue weighted by atomic mass is 16.4. The summed E-state index contributed by atoms with van der Waals surface area (Å²) in [5, 5.41) is 3.07. The second kappa shape index (κ2) is 5.21. The number of fused-ring (bicyclic) bond motifs is 1. The van der Waals surface area contributed by atoms with Crippen molar-refractivity contribution in [3.05, 3.63) is 41.5 Å². The van der Waals surface area contributed by atoms with Gasteiger partial charge in [0.1, 0.15) is 5.52 Å². The number of H-pyrrole nitrogens is 1. The molecule has 0 radical (unpaired) electrons. The Morgan fingerprint density at radius 3 is 3.00 bits per heavy atom. The van der Waals surface area contributed by atoms with Crippen LogP contribution in [0.5, 0.6) is 0 Å². The van der Waals surface area contributed by atoms with Crippen molar-refractivity contribution < 1.29 is 4.42 Å². The molecule has 3 aromatic rings. The summed E-state index contributed by atoms with van der Waals surface area (Å²) in [7, 11) is 0. The molecular formula is C15H16N4O. The molecule has 5 nitrogen and oxygen atoms in total. The standard InChI is InChI=1S/C15H16N4O/c1-3-16-15-19-13-7-5-11(8-14(13)20-15)4-6-12-10(2)17-9-18-12/h4-9H,3H2,1-2H3,(H,16,19)(H,17,18)/b6-4-. The number of benzene rings is 1. The predicted octanol–water partition coefficient (Wildman–Crippen LogP) is 3.46. The van der Waals surface area contributed by atoms with E-state index in [0.29, 0.717) is 6.01 Å². The van der Waals surface area contributed by atoms with Crippen LogP contribution in [0.15, 0.2) is 28.9 Å². The number of hydrogen-bond acceptors (Lipinski definition) is 4. The van der Waals surface area contributed by atoms with Crippen LogP contribution in [0.25, 0.3) is 23.3 Å². The maximum absolute atomic E-state index is 5.63.